The molecular weight excluding hydrogens is 723 g/mol. The van der Waals surface area contributed by atoms with E-state index in [9.17, 15) is 0 Å². The molecule has 0 unspecified atom stereocenters. The van der Waals surface area contributed by atoms with Crippen LogP contribution in [-0.2, 0) is 0 Å². The van der Waals surface area contributed by atoms with Gasteiger partial charge < -0.3 is 13.4 Å². The smallest absolute Gasteiger partial charge is 0.231 e. The quantitative estimate of drug-likeness (QED) is 0.180. The molecule has 9 aromatic carbocycles. The topological polar surface area (TPSA) is 57.0 Å². The maximum atomic E-state index is 6.85. The average Bonchev–Trinajstić information content (AvgIpc) is 3.97. The van der Waals surface area contributed by atoms with E-state index in [-0.39, 0.29) is 0 Å². The molecule has 0 aliphatic heterocycles. The minimum absolute atomic E-state index is 0.530. The molecule has 0 N–H and O–H groups in total. The first-order valence-electron chi connectivity index (χ1n) is 19.9. The van der Waals surface area contributed by atoms with Crippen molar-refractivity contribution in [1.29, 1.82) is 0 Å². The number of rotatable bonds is 4. The highest BCUT2D eigenvalue weighted by Crippen LogP contribution is 2.44. The molecule has 0 atom stereocenters. The van der Waals surface area contributed by atoms with Gasteiger partial charge in [0.2, 0.25) is 5.71 Å². The average molecular weight is 754 g/mol. The predicted molar refractivity (Wildman–Crippen MR) is 242 cm³/mol. The standard InChI is InChI=1S/C54H31N3O2/c1-2-13-32(14-3-1)37-25-26-40-49(31-37)59-54-51(40)52(41-21-12-24-48-50(41)39-20-9-11-23-47(39)58-48)55-53(56-54)43-28-34-16-5-7-18-36(34)30-46(43)57-44-22-10-8-19-38(44)42-27-33-15-4-6-17-35(33)29-45(42)57/h1-31H. The first-order valence-corrected chi connectivity index (χ1v) is 19.9. The minimum Gasteiger partial charge on any atom is -0.456 e. The Morgan fingerprint density at radius 2 is 1.05 bits per heavy atom. The third kappa shape index (κ3) is 4.79. The molecule has 59 heavy (non-hydrogen) atoms. The van der Waals surface area contributed by atoms with Crippen molar-refractivity contribution >= 4 is 87.4 Å². The highest BCUT2D eigenvalue weighted by Gasteiger charge is 2.25. The van der Waals surface area contributed by atoms with Crippen LogP contribution in [0.25, 0.3) is 127 Å². The van der Waals surface area contributed by atoms with E-state index in [1.54, 1.807) is 0 Å². The van der Waals surface area contributed by atoms with Gasteiger partial charge in [-0.2, -0.15) is 4.98 Å². The Hall–Kier alpha value is -8.02. The molecule has 0 radical (unpaired) electrons. The zero-order valence-corrected chi connectivity index (χ0v) is 31.6. The first kappa shape index (κ1) is 32.1. The molecule has 0 spiro atoms. The van der Waals surface area contributed by atoms with Gasteiger partial charge >= 0.3 is 0 Å². The summed E-state index contributed by atoms with van der Waals surface area (Å²) < 4.78 is 15.7. The second-order valence-corrected chi connectivity index (χ2v) is 15.3. The molecule has 13 aromatic rings. The van der Waals surface area contributed by atoms with Crippen molar-refractivity contribution in [2.75, 3.05) is 0 Å². The van der Waals surface area contributed by atoms with Gasteiger partial charge in [-0.1, -0.05) is 133 Å². The Morgan fingerprint density at radius 1 is 0.373 bits per heavy atom. The van der Waals surface area contributed by atoms with E-state index in [0.29, 0.717) is 11.5 Å². The Morgan fingerprint density at radius 3 is 1.90 bits per heavy atom. The van der Waals surface area contributed by atoms with Crippen LogP contribution in [0.15, 0.2) is 197 Å². The third-order valence-electron chi connectivity index (χ3n) is 12.0. The Bertz CT molecular complexity index is 3850. The van der Waals surface area contributed by atoms with Gasteiger partial charge in [-0.3, -0.25) is 0 Å². The maximum Gasteiger partial charge on any atom is 0.231 e. The van der Waals surface area contributed by atoms with Gasteiger partial charge in [-0.05, 0) is 87.3 Å². The Kier molecular flexibility index (Phi) is 6.66. The lowest BCUT2D eigenvalue weighted by molar-refractivity contribution is 0.654. The number of hydrogen-bond donors (Lipinski definition) is 0. The fourth-order valence-corrected chi connectivity index (χ4v) is 9.28. The third-order valence-corrected chi connectivity index (χ3v) is 12.0. The summed E-state index contributed by atoms with van der Waals surface area (Å²) in [5.74, 6) is 0.576. The molecule has 0 fully saturated rings. The van der Waals surface area contributed by atoms with E-state index in [0.717, 1.165) is 93.7 Å². The second-order valence-electron chi connectivity index (χ2n) is 15.3. The van der Waals surface area contributed by atoms with Crippen molar-refractivity contribution < 1.29 is 8.83 Å². The van der Waals surface area contributed by atoms with Crippen LogP contribution in [0.2, 0.25) is 0 Å². The van der Waals surface area contributed by atoms with Crippen LogP contribution >= 0.6 is 0 Å². The van der Waals surface area contributed by atoms with Crippen LogP contribution in [-0.4, -0.2) is 14.5 Å². The van der Waals surface area contributed by atoms with Crippen LogP contribution in [0, 0.1) is 0 Å². The molecule has 0 amide bonds. The van der Waals surface area contributed by atoms with Crippen LogP contribution in [0.3, 0.4) is 0 Å². The number of nitrogens with zero attached hydrogens (tertiary/aromatic N) is 3. The second kappa shape index (κ2) is 12.2. The molecule has 0 aliphatic carbocycles. The Labute approximate surface area is 337 Å². The predicted octanol–water partition coefficient (Wildman–Crippen LogP) is 14.7. The molecule has 13 rings (SSSR count). The van der Waals surface area contributed by atoms with Crippen LogP contribution in [0.1, 0.15) is 0 Å². The molecule has 274 valence electrons. The molecule has 0 saturated heterocycles. The summed E-state index contributed by atoms with van der Waals surface area (Å²) in [5, 5.41) is 10.9. The van der Waals surface area contributed by atoms with Crippen molar-refractivity contribution in [3.8, 4) is 39.5 Å². The van der Waals surface area contributed by atoms with E-state index in [1.807, 2.05) is 30.3 Å². The fraction of sp³-hybridized carbons (Fsp3) is 0. The lowest BCUT2D eigenvalue weighted by atomic mass is 9.98. The van der Waals surface area contributed by atoms with E-state index >= 15 is 0 Å². The summed E-state index contributed by atoms with van der Waals surface area (Å²) in [7, 11) is 0. The van der Waals surface area contributed by atoms with Crippen LogP contribution < -0.4 is 0 Å². The summed E-state index contributed by atoms with van der Waals surface area (Å²) in [6.45, 7) is 0. The van der Waals surface area contributed by atoms with Crippen molar-refractivity contribution in [1.82, 2.24) is 14.5 Å². The van der Waals surface area contributed by atoms with E-state index in [2.05, 4.69) is 162 Å². The zero-order chi connectivity index (χ0) is 38.6. The van der Waals surface area contributed by atoms with Gasteiger partial charge in [0.05, 0.1) is 27.8 Å². The van der Waals surface area contributed by atoms with E-state index in [1.165, 1.54) is 21.5 Å². The molecule has 0 aliphatic rings. The first-order chi connectivity index (χ1) is 29.2. The number of aromatic nitrogens is 3. The molecular formula is C54H31N3O2. The van der Waals surface area contributed by atoms with Crippen LogP contribution in [0.4, 0.5) is 0 Å². The zero-order valence-electron chi connectivity index (χ0n) is 31.6. The molecule has 0 bridgehead atoms. The summed E-state index contributed by atoms with van der Waals surface area (Å²) in [6, 6.07) is 66.2. The van der Waals surface area contributed by atoms with Gasteiger partial charge in [0.15, 0.2) is 5.82 Å². The van der Waals surface area contributed by atoms with Crippen LogP contribution in [0.5, 0.6) is 0 Å². The Balaban J connectivity index is 1.16. The van der Waals surface area contributed by atoms with E-state index in [4.69, 9.17) is 18.8 Å². The lowest BCUT2D eigenvalue weighted by Gasteiger charge is -2.16. The highest BCUT2D eigenvalue weighted by atomic mass is 16.3. The summed E-state index contributed by atoms with van der Waals surface area (Å²) in [6.07, 6.45) is 0. The van der Waals surface area contributed by atoms with Gasteiger partial charge in [0.1, 0.15) is 16.7 Å². The molecule has 4 aromatic heterocycles. The maximum absolute atomic E-state index is 6.85. The number of benzene rings is 9. The molecule has 0 saturated carbocycles. The SMILES string of the molecule is c1ccc(-c2ccc3c(c2)oc2nc(-c4cc5ccccc5cc4-n4c5ccccc5c5cc6ccccc6cc54)nc(-c4cccc5oc6ccccc6c45)c23)cc1. The molecule has 4 heterocycles. The normalized spacial score (nSPS) is 12.1. The van der Waals surface area contributed by atoms with Crippen molar-refractivity contribution in [2.45, 2.75) is 0 Å². The van der Waals surface area contributed by atoms with Gasteiger partial charge in [-0.15, -0.1) is 0 Å². The number of fused-ring (bicyclic) bond motifs is 11. The number of furan rings is 2. The summed E-state index contributed by atoms with van der Waals surface area (Å²) in [5.41, 5.74) is 11.0. The van der Waals surface area contributed by atoms with Gasteiger partial charge in [0, 0.05) is 38.1 Å². The van der Waals surface area contributed by atoms with Gasteiger partial charge in [-0.25, -0.2) is 4.98 Å². The monoisotopic (exact) mass is 753 g/mol. The number of hydrogen-bond acceptors (Lipinski definition) is 4. The largest absolute Gasteiger partial charge is 0.456 e. The fourth-order valence-electron chi connectivity index (χ4n) is 9.28. The molecule has 5 nitrogen and oxygen atoms in total. The molecule has 5 heteroatoms. The summed E-state index contributed by atoms with van der Waals surface area (Å²) in [4.78, 5) is 11.0. The van der Waals surface area contributed by atoms with Crippen molar-refractivity contribution in [3.63, 3.8) is 0 Å². The highest BCUT2D eigenvalue weighted by molar-refractivity contribution is 6.19. The van der Waals surface area contributed by atoms with Crippen molar-refractivity contribution in [2.24, 2.45) is 0 Å². The van der Waals surface area contributed by atoms with E-state index < -0.39 is 0 Å². The number of para-hydroxylation sites is 2. The minimum atomic E-state index is 0.530. The lowest BCUT2D eigenvalue weighted by Crippen LogP contribution is -2.01. The van der Waals surface area contributed by atoms with Crippen molar-refractivity contribution in [3.05, 3.63) is 188 Å². The van der Waals surface area contributed by atoms with Gasteiger partial charge in [0.25, 0.3) is 0 Å². The summed E-state index contributed by atoms with van der Waals surface area (Å²) >= 11 is 0.